The first-order valence-corrected chi connectivity index (χ1v) is 8.63. The number of amides is 2. The van der Waals surface area contributed by atoms with Gasteiger partial charge in [-0.25, -0.2) is 0 Å². The lowest BCUT2D eigenvalue weighted by molar-refractivity contribution is -0.153. The van der Waals surface area contributed by atoms with E-state index < -0.39 is 23.8 Å². The molecule has 0 N–H and O–H groups in total. The van der Waals surface area contributed by atoms with Gasteiger partial charge in [-0.15, -0.1) is 0 Å². The van der Waals surface area contributed by atoms with Gasteiger partial charge in [0.25, 0.3) is 0 Å². The molecule has 0 aliphatic carbocycles. The van der Waals surface area contributed by atoms with Crippen molar-refractivity contribution in [2.75, 3.05) is 38.8 Å². The summed E-state index contributed by atoms with van der Waals surface area (Å²) < 4.78 is 9.95. The van der Waals surface area contributed by atoms with E-state index in [-0.39, 0.29) is 32.0 Å². The lowest BCUT2D eigenvalue weighted by atomic mass is 10.1. The average molecular weight is 427 g/mol. The molecule has 2 rings (SSSR count). The Bertz CT molecular complexity index is 705. The average Bonchev–Trinajstić information content (AvgIpc) is 3.01. The number of nitrogens with zero attached hydrogens (tertiary/aromatic N) is 2. The van der Waals surface area contributed by atoms with Crippen LogP contribution in [0.5, 0.6) is 0 Å². The molecule has 1 aromatic rings. The van der Waals surface area contributed by atoms with Crippen LogP contribution in [0.1, 0.15) is 6.42 Å². The number of benzene rings is 1. The molecule has 0 bridgehead atoms. The fourth-order valence-corrected chi connectivity index (χ4v) is 3.06. The largest absolute Gasteiger partial charge is 0.468 e. The Kier molecular flexibility index (Phi) is 6.73. The maximum absolute atomic E-state index is 12.8. The summed E-state index contributed by atoms with van der Waals surface area (Å²) in [4.78, 5) is 50.8. The van der Waals surface area contributed by atoms with Crippen LogP contribution in [-0.2, 0) is 28.7 Å². The molecule has 140 valence electrons. The smallest absolute Gasteiger partial charge is 0.325 e. The minimum atomic E-state index is -0.657. The van der Waals surface area contributed by atoms with Crippen molar-refractivity contribution in [3.63, 3.8) is 0 Å². The third-order valence-corrected chi connectivity index (χ3v) is 4.49. The van der Waals surface area contributed by atoms with Crippen LogP contribution >= 0.6 is 15.9 Å². The zero-order valence-electron chi connectivity index (χ0n) is 14.4. The highest BCUT2D eigenvalue weighted by Gasteiger charge is 2.38. The van der Waals surface area contributed by atoms with E-state index in [1.54, 1.807) is 18.2 Å². The minimum Gasteiger partial charge on any atom is -0.468 e. The number of carbonyl (C=O) groups is 4. The number of ether oxygens (including phenoxy) is 2. The molecule has 9 heteroatoms. The zero-order valence-corrected chi connectivity index (χ0v) is 16.0. The number of methoxy groups -OCH3 is 2. The summed E-state index contributed by atoms with van der Waals surface area (Å²) in [7, 11) is 2.38. The Labute approximate surface area is 159 Å². The van der Waals surface area contributed by atoms with Gasteiger partial charge in [0.2, 0.25) is 11.8 Å². The summed E-state index contributed by atoms with van der Waals surface area (Å²) in [6.45, 7) is -0.592. The fraction of sp³-hybridized carbons (Fsp3) is 0.412. The normalized spacial score (nSPS) is 16.3. The van der Waals surface area contributed by atoms with Gasteiger partial charge in [0.15, 0.2) is 0 Å². The summed E-state index contributed by atoms with van der Waals surface area (Å²) in [5.41, 5.74) is 0.673. The van der Waals surface area contributed by atoms with Crippen LogP contribution in [0.3, 0.4) is 0 Å². The van der Waals surface area contributed by atoms with Gasteiger partial charge in [-0.05, 0) is 18.2 Å². The van der Waals surface area contributed by atoms with Crippen LogP contribution in [0.2, 0.25) is 0 Å². The molecule has 1 aliphatic heterocycles. The number of hydrogen-bond acceptors (Lipinski definition) is 6. The Balaban J connectivity index is 2.14. The molecular formula is C17H19BrN2O6. The summed E-state index contributed by atoms with van der Waals surface area (Å²) in [5, 5.41) is 0. The summed E-state index contributed by atoms with van der Waals surface area (Å²) >= 11 is 3.35. The van der Waals surface area contributed by atoms with Crippen LogP contribution in [0, 0.1) is 5.92 Å². The van der Waals surface area contributed by atoms with E-state index >= 15 is 0 Å². The number of halogens is 1. The monoisotopic (exact) mass is 426 g/mol. The second-order valence-electron chi connectivity index (χ2n) is 5.73. The van der Waals surface area contributed by atoms with E-state index in [1.165, 1.54) is 19.1 Å². The lowest BCUT2D eigenvalue weighted by Crippen LogP contribution is -2.44. The highest BCUT2D eigenvalue weighted by molar-refractivity contribution is 9.10. The Hall–Kier alpha value is -2.42. The molecule has 1 fully saturated rings. The number of esters is 2. The molecule has 0 saturated carbocycles. The van der Waals surface area contributed by atoms with Crippen molar-refractivity contribution in [2.45, 2.75) is 6.42 Å². The number of anilines is 1. The Morgan fingerprint density at radius 2 is 1.81 bits per heavy atom. The standard InChI is InChI=1S/C17H19BrN2O6/c1-25-15(22)9-19(10-16(23)26-2)17(24)11-6-14(21)20(8-11)13-5-3-4-12(18)7-13/h3-5,7,11H,6,8-10H2,1-2H3. The Morgan fingerprint density at radius 1 is 1.19 bits per heavy atom. The van der Waals surface area contributed by atoms with E-state index in [0.717, 1.165) is 9.37 Å². The van der Waals surface area contributed by atoms with E-state index in [0.29, 0.717) is 5.69 Å². The molecule has 2 amide bonds. The van der Waals surface area contributed by atoms with E-state index in [2.05, 4.69) is 25.4 Å². The summed E-state index contributed by atoms with van der Waals surface area (Å²) in [6.07, 6.45) is 0.00416. The zero-order chi connectivity index (χ0) is 19.3. The number of rotatable bonds is 6. The van der Waals surface area contributed by atoms with Crippen LogP contribution in [0.15, 0.2) is 28.7 Å². The molecule has 1 saturated heterocycles. The predicted octanol–water partition coefficient (Wildman–Crippen LogP) is 0.977. The summed E-state index contributed by atoms with van der Waals surface area (Å²) in [6, 6.07) is 7.19. The van der Waals surface area contributed by atoms with Crippen LogP contribution in [-0.4, -0.2) is 62.5 Å². The van der Waals surface area contributed by atoms with Gasteiger partial charge in [-0.3, -0.25) is 19.2 Å². The predicted molar refractivity (Wildman–Crippen MR) is 95.2 cm³/mol. The van der Waals surface area contributed by atoms with Crippen LogP contribution in [0.4, 0.5) is 5.69 Å². The first kappa shape index (κ1) is 19.9. The third-order valence-electron chi connectivity index (χ3n) is 4.00. The molecule has 26 heavy (non-hydrogen) atoms. The first-order valence-electron chi connectivity index (χ1n) is 7.84. The van der Waals surface area contributed by atoms with Gasteiger partial charge in [-0.2, -0.15) is 0 Å². The van der Waals surface area contributed by atoms with Crippen molar-refractivity contribution in [3.8, 4) is 0 Å². The Morgan fingerprint density at radius 3 is 2.35 bits per heavy atom. The van der Waals surface area contributed by atoms with Crippen molar-refractivity contribution in [1.82, 2.24) is 4.90 Å². The van der Waals surface area contributed by atoms with E-state index in [1.807, 2.05) is 6.07 Å². The van der Waals surface area contributed by atoms with Gasteiger partial charge in [0.1, 0.15) is 13.1 Å². The molecule has 1 aliphatic rings. The van der Waals surface area contributed by atoms with Gasteiger partial charge >= 0.3 is 11.9 Å². The maximum atomic E-state index is 12.8. The van der Waals surface area contributed by atoms with Gasteiger partial charge in [0, 0.05) is 23.1 Å². The van der Waals surface area contributed by atoms with Gasteiger partial charge in [-0.1, -0.05) is 22.0 Å². The van der Waals surface area contributed by atoms with Gasteiger partial charge in [0.05, 0.1) is 20.1 Å². The molecule has 1 heterocycles. The first-order chi connectivity index (χ1) is 12.3. The lowest BCUT2D eigenvalue weighted by Gasteiger charge is -2.23. The molecule has 0 aromatic heterocycles. The molecule has 1 unspecified atom stereocenters. The fourth-order valence-electron chi connectivity index (χ4n) is 2.68. The highest BCUT2D eigenvalue weighted by Crippen LogP contribution is 2.28. The second kappa shape index (κ2) is 8.79. The molecular weight excluding hydrogens is 408 g/mol. The van der Waals surface area contributed by atoms with E-state index in [4.69, 9.17) is 0 Å². The van der Waals surface area contributed by atoms with Crippen LogP contribution in [0.25, 0.3) is 0 Å². The van der Waals surface area contributed by atoms with Crippen molar-refractivity contribution < 1.29 is 28.7 Å². The summed E-state index contributed by atoms with van der Waals surface area (Å²) in [5.74, 6) is -2.63. The maximum Gasteiger partial charge on any atom is 0.325 e. The molecule has 1 atom stereocenters. The van der Waals surface area contributed by atoms with Gasteiger partial charge < -0.3 is 19.3 Å². The topological polar surface area (TPSA) is 93.2 Å². The molecule has 1 aromatic carbocycles. The van der Waals surface area contributed by atoms with Crippen molar-refractivity contribution >= 4 is 45.4 Å². The minimum absolute atomic E-state index is 0.00416. The number of carbonyl (C=O) groups excluding carboxylic acids is 4. The SMILES string of the molecule is COC(=O)CN(CC(=O)OC)C(=O)C1CC(=O)N(c2cccc(Br)c2)C1. The van der Waals surface area contributed by atoms with Crippen molar-refractivity contribution in [3.05, 3.63) is 28.7 Å². The van der Waals surface area contributed by atoms with Crippen molar-refractivity contribution in [2.24, 2.45) is 5.92 Å². The molecule has 0 spiro atoms. The quantitative estimate of drug-likeness (QED) is 0.629. The van der Waals surface area contributed by atoms with Crippen LogP contribution < -0.4 is 4.90 Å². The highest BCUT2D eigenvalue weighted by atomic mass is 79.9. The van der Waals surface area contributed by atoms with E-state index in [9.17, 15) is 19.2 Å². The molecule has 0 radical (unpaired) electrons. The third kappa shape index (κ3) is 4.81. The second-order valence-corrected chi connectivity index (χ2v) is 6.65. The molecule has 8 nitrogen and oxygen atoms in total. The number of hydrogen-bond donors (Lipinski definition) is 0. The van der Waals surface area contributed by atoms with Crippen molar-refractivity contribution in [1.29, 1.82) is 0 Å².